The summed E-state index contributed by atoms with van der Waals surface area (Å²) in [7, 11) is -3.71. The second-order valence-corrected chi connectivity index (χ2v) is 10.3. The van der Waals surface area contributed by atoms with Gasteiger partial charge in [0.1, 0.15) is 5.69 Å². The van der Waals surface area contributed by atoms with E-state index in [-0.39, 0.29) is 11.7 Å². The molecule has 2 N–H and O–H groups in total. The lowest BCUT2D eigenvalue weighted by Gasteiger charge is -2.11. The predicted octanol–water partition coefficient (Wildman–Crippen LogP) is 3.99. The topological polar surface area (TPSA) is 123 Å². The van der Waals surface area contributed by atoms with Gasteiger partial charge in [0.05, 0.1) is 22.8 Å². The number of pyridine rings is 1. The molecule has 3 aromatic heterocycles. The third-order valence-electron chi connectivity index (χ3n) is 5.36. The lowest BCUT2D eigenvalue weighted by molar-refractivity contribution is -0.192. The number of hydrogen-bond acceptors (Lipinski definition) is 5. The van der Waals surface area contributed by atoms with E-state index in [4.69, 9.17) is 9.90 Å². The van der Waals surface area contributed by atoms with Crippen molar-refractivity contribution in [2.75, 3.05) is 12.8 Å². The standard InChI is InChI=1S/C22H24N4O3S.C2HF3O2/c1-15(2)25-18-9-5-4-8-17(18)21-19(25)13-20(26(21)30(3,28)29)22(27)24-12-10-16-7-6-11-23-14-16;3-2(4,5)1(6)7/h4-9,11,13-15H,10,12H2,1-3H3,(H,24,27);(H,6,7). The molecule has 4 aromatic rings. The molecular formula is C24H25F3N4O5S. The van der Waals surface area contributed by atoms with Crippen molar-refractivity contribution in [2.24, 2.45) is 0 Å². The highest BCUT2D eigenvalue weighted by atomic mass is 32.2. The average molecular weight is 539 g/mol. The summed E-state index contributed by atoms with van der Waals surface area (Å²) < 4.78 is 60.4. The maximum Gasteiger partial charge on any atom is 0.490 e. The second kappa shape index (κ2) is 10.6. The zero-order chi connectivity index (χ0) is 27.5. The largest absolute Gasteiger partial charge is 0.490 e. The molecule has 1 aromatic carbocycles. The van der Waals surface area contributed by atoms with Gasteiger partial charge >= 0.3 is 12.1 Å². The number of para-hydroxylation sites is 1. The summed E-state index contributed by atoms with van der Waals surface area (Å²) in [6.45, 7) is 4.46. The number of nitrogens with one attached hydrogen (secondary N) is 1. The number of aliphatic carboxylic acids is 1. The molecule has 0 bridgehead atoms. The highest BCUT2D eigenvalue weighted by Gasteiger charge is 2.38. The quantitative estimate of drug-likeness (QED) is 0.383. The van der Waals surface area contributed by atoms with Crippen LogP contribution in [0.15, 0.2) is 54.9 Å². The molecular weight excluding hydrogens is 513 g/mol. The number of alkyl halides is 3. The minimum atomic E-state index is -5.08. The molecule has 3 heterocycles. The number of nitrogens with zero attached hydrogens (tertiary/aromatic N) is 3. The van der Waals surface area contributed by atoms with Gasteiger partial charge in [-0.15, -0.1) is 0 Å². The number of rotatable bonds is 6. The summed E-state index contributed by atoms with van der Waals surface area (Å²) in [5.41, 5.74) is 3.33. The van der Waals surface area contributed by atoms with E-state index in [9.17, 15) is 26.4 Å². The Morgan fingerprint density at radius 3 is 2.30 bits per heavy atom. The first-order valence-corrected chi connectivity index (χ1v) is 12.9. The van der Waals surface area contributed by atoms with E-state index >= 15 is 0 Å². The summed E-state index contributed by atoms with van der Waals surface area (Å²) in [6, 6.07) is 13.2. The van der Waals surface area contributed by atoms with Gasteiger partial charge in [-0.1, -0.05) is 24.3 Å². The van der Waals surface area contributed by atoms with Gasteiger partial charge in [-0.25, -0.2) is 17.2 Å². The summed E-state index contributed by atoms with van der Waals surface area (Å²) in [5, 5.41) is 10.8. The molecule has 9 nitrogen and oxygen atoms in total. The normalized spacial score (nSPS) is 12.0. The minimum absolute atomic E-state index is 0.101. The number of amides is 1. The molecule has 4 rings (SSSR count). The van der Waals surface area contributed by atoms with Crippen molar-refractivity contribution in [3.05, 3.63) is 66.1 Å². The fourth-order valence-electron chi connectivity index (χ4n) is 3.94. The van der Waals surface area contributed by atoms with E-state index in [0.717, 1.165) is 28.2 Å². The van der Waals surface area contributed by atoms with Crippen LogP contribution >= 0.6 is 0 Å². The molecule has 1 amide bonds. The van der Waals surface area contributed by atoms with Gasteiger partial charge in [0, 0.05) is 30.4 Å². The number of aromatic nitrogens is 3. The number of carboxylic acids is 1. The van der Waals surface area contributed by atoms with Gasteiger partial charge in [0.25, 0.3) is 5.91 Å². The number of hydrogen-bond donors (Lipinski definition) is 2. The second-order valence-electron chi connectivity index (χ2n) is 8.44. The number of carboxylic acid groups (broad SMARTS) is 1. The molecule has 0 aliphatic rings. The minimum Gasteiger partial charge on any atom is -0.475 e. The van der Waals surface area contributed by atoms with Crippen molar-refractivity contribution in [3.63, 3.8) is 0 Å². The summed E-state index contributed by atoms with van der Waals surface area (Å²) in [5.74, 6) is -3.17. The van der Waals surface area contributed by atoms with E-state index in [1.165, 1.54) is 3.97 Å². The van der Waals surface area contributed by atoms with Gasteiger partial charge in [-0.2, -0.15) is 13.2 Å². The van der Waals surface area contributed by atoms with Gasteiger partial charge in [0.2, 0.25) is 10.0 Å². The van der Waals surface area contributed by atoms with E-state index < -0.39 is 28.1 Å². The zero-order valence-electron chi connectivity index (χ0n) is 20.2. The van der Waals surface area contributed by atoms with E-state index in [2.05, 4.69) is 14.9 Å². The number of carbonyl (C=O) groups is 2. The van der Waals surface area contributed by atoms with Crippen LogP contribution in [-0.4, -0.2) is 57.9 Å². The molecule has 0 radical (unpaired) electrons. The first kappa shape index (κ1) is 27.7. The first-order chi connectivity index (χ1) is 17.2. The molecule has 0 saturated carbocycles. The van der Waals surface area contributed by atoms with Gasteiger partial charge < -0.3 is 15.0 Å². The van der Waals surface area contributed by atoms with Crippen molar-refractivity contribution >= 4 is 43.8 Å². The molecule has 0 aliphatic heterocycles. The Labute approximate surface area is 210 Å². The molecule has 37 heavy (non-hydrogen) atoms. The smallest absolute Gasteiger partial charge is 0.475 e. The Hall–Kier alpha value is -3.87. The molecule has 0 aliphatic carbocycles. The van der Waals surface area contributed by atoms with Crippen LogP contribution in [0.1, 0.15) is 35.9 Å². The van der Waals surface area contributed by atoms with Gasteiger partial charge in [-0.05, 0) is 44.0 Å². The number of fused-ring (bicyclic) bond motifs is 3. The van der Waals surface area contributed by atoms with Crippen LogP contribution in [0.2, 0.25) is 0 Å². The van der Waals surface area contributed by atoms with E-state index in [1.807, 2.05) is 50.2 Å². The van der Waals surface area contributed by atoms with Crippen LogP contribution in [0, 0.1) is 0 Å². The van der Waals surface area contributed by atoms with Crippen molar-refractivity contribution in [2.45, 2.75) is 32.5 Å². The molecule has 198 valence electrons. The highest BCUT2D eigenvalue weighted by molar-refractivity contribution is 7.89. The fraction of sp³-hybridized carbons (Fsp3) is 0.292. The third kappa shape index (κ3) is 6.10. The number of benzene rings is 1. The third-order valence-corrected chi connectivity index (χ3v) is 6.40. The summed E-state index contributed by atoms with van der Waals surface area (Å²) in [6.07, 6.45) is 0.0957. The van der Waals surface area contributed by atoms with Crippen LogP contribution in [0.25, 0.3) is 21.9 Å². The molecule has 0 saturated heterocycles. The monoisotopic (exact) mass is 538 g/mol. The maximum atomic E-state index is 13.0. The van der Waals surface area contributed by atoms with Crippen molar-refractivity contribution in [3.8, 4) is 0 Å². The highest BCUT2D eigenvalue weighted by Crippen LogP contribution is 2.35. The number of halogens is 3. The fourth-order valence-corrected chi connectivity index (χ4v) is 4.96. The van der Waals surface area contributed by atoms with E-state index in [1.54, 1.807) is 18.5 Å². The van der Waals surface area contributed by atoms with Crippen molar-refractivity contribution in [1.29, 1.82) is 0 Å². The molecule has 0 spiro atoms. The zero-order valence-corrected chi connectivity index (χ0v) is 21.0. The Morgan fingerprint density at radius 2 is 1.76 bits per heavy atom. The van der Waals surface area contributed by atoms with Crippen LogP contribution in [-0.2, 0) is 21.2 Å². The molecule has 0 atom stereocenters. The predicted molar refractivity (Wildman–Crippen MR) is 132 cm³/mol. The number of carbonyl (C=O) groups excluding carboxylic acids is 1. The maximum absolute atomic E-state index is 13.0. The molecule has 0 unspecified atom stereocenters. The average Bonchev–Trinajstić information content (AvgIpc) is 3.34. The van der Waals surface area contributed by atoms with Crippen LogP contribution in [0.5, 0.6) is 0 Å². The molecule has 13 heteroatoms. The van der Waals surface area contributed by atoms with Crippen LogP contribution < -0.4 is 5.32 Å². The lowest BCUT2D eigenvalue weighted by Crippen LogP contribution is -2.29. The Morgan fingerprint density at radius 1 is 1.11 bits per heavy atom. The van der Waals surface area contributed by atoms with Crippen LogP contribution in [0.4, 0.5) is 13.2 Å². The summed E-state index contributed by atoms with van der Waals surface area (Å²) in [4.78, 5) is 25.9. The SMILES string of the molecule is CC(C)n1c2ccccc2c2c1cc(C(=O)NCCc1cccnc1)n2S(C)(=O)=O.O=C(O)C(F)(F)F. The summed E-state index contributed by atoms with van der Waals surface area (Å²) >= 11 is 0. The Bertz CT molecular complexity index is 1540. The van der Waals surface area contributed by atoms with E-state index in [0.29, 0.717) is 18.5 Å². The molecule has 0 fully saturated rings. The van der Waals surface area contributed by atoms with Gasteiger partial charge in [0.15, 0.2) is 0 Å². The Kier molecular flexibility index (Phi) is 7.96. The lowest BCUT2D eigenvalue weighted by atomic mass is 10.2. The van der Waals surface area contributed by atoms with Gasteiger partial charge in [-0.3, -0.25) is 9.78 Å². The Balaban J connectivity index is 0.000000479. The van der Waals surface area contributed by atoms with Crippen molar-refractivity contribution < 1.29 is 36.3 Å². The van der Waals surface area contributed by atoms with Crippen molar-refractivity contribution in [1.82, 2.24) is 18.8 Å². The van der Waals surface area contributed by atoms with Crippen LogP contribution in [0.3, 0.4) is 0 Å². The first-order valence-electron chi connectivity index (χ1n) is 11.1.